The van der Waals surface area contributed by atoms with E-state index in [1.807, 2.05) is 0 Å². The number of aliphatic hydroxyl groups is 8. The molecule has 0 radical (unpaired) electrons. The predicted molar refractivity (Wildman–Crippen MR) is 304 cm³/mol. The number of unbranched alkanes of at least 4 members (excludes halogenated alkanes) is 28. The van der Waals surface area contributed by atoms with E-state index in [0.29, 0.717) is 12.8 Å². The third-order valence-corrected chi connectivity index (χ3v) is 15.1. The number of nitrogens with one attached hydrogen (secondary N) is 1. The van der Waals surface area contributed by atoms with Crippen molar-refractivity contribution in [2.45, 2.75) is 319 Å². The third-order valence-electron chi connectivity index (χ3n) is 15.1. The second-order valence-corrected chi connectivity index (χ2v) is 21.8. The van der Waals surface area contributed by atoms with Gasteiger partial charge < -0.3 is 65.1 Å². The van der Waals surface area contributed by atoms with Crippen molar-refractivity contribution in [3.63, 3.8) is 0 Å². The molecule has 76 heavy (non-hydrogen) atoms. The molecule has 0 aliphatic carbocycles. The first-order valence-corrected chi connectivity index (χ1v) is 30.9. The van der Waals surface area contributed by atoms with Gasteiger partial charge in [-0.3, -0.25) is 4.79 Å². The highest BCUT2D eigenvalue weighted by molar-refractivity contribution is 5.76. The van der Waals surface area contributed by atoms with Crippen molar-refractivity contribution in [1.29, 1.82) is 0 Å². The first-order chi connectivity index (χ1) is 37.1. The van der Waals surface area contributed by atoms with Crippen LogP contribution < -0.4 is 5.32 Å². The largest absolute Gasteiger partial charge is 0.394 e. The van der Waals surface area contributed by atoms with Gasteiger partial charge in [-0.1, -0.05) is 236 Å². The van der Waals surface area contributed by atoms with Gasteiger partial charge in [-0.05, 0) is 51.4 Å². The number of allylic oxidation sites excluding steroid dienone is 8. The molecule has 0 spiro atoms. The number of amides is 1. The molecule has 0 aromatic rings. The van der Waals surface area contributed by atoms with Crippen molar-refractivity contribution in [3.05, 3.63) is 48.6 Å². The summed E-state index contributed by atoms with van der Waals surface area (Å²) in [5.74, 6) is -0.211. The zero-order chi connectivity index (χ0) is 55.3. The van der Waals surface area contributed by atoms with Crippen molar-refractivity contribution in [3.8, 4) is 0 Å². The normalized spacial score (nSPS) is 25.2. The average molecular weight is 1080 g/mol. The topological polar surface area (TPSA) is 228 Å². The van der Waals surface area contributed by atoms with E-state index in [1.54, 1.807) is 0 Å². The Morgan fingerprint density at radius 2 is 0.908 bits per heavy atom. The number of ether oxygens (including phenoxy) is 4. The van der Waals surface area contributed by atoms with E-state index in [2.05, 4.69) is 67.8 Å². The molecule has 0 saturated carbocycles. The number of hydrogen-bond acceptors (Lipinski definition) is 13. The maximum Gasteiger partial charge on any atom is 0.220 e. The monoisotopic (exact) mass is 1080 g/mol. The highest BCUT2D eigenvalue weighted by Crippen LogP contribution is 2.30. The lowest BCUT2D eigenvalue weighted by Crippen LogP contribution is -2.65. The molecule has 12 atom stereocenters. The van der Waals surface area contributed by atoms with Crippen LogP contribution in [0, 0.1) is 0 Å². The maximum absolute atomic E-state index is 13.3. The van der Waals surface area contributed by atoms with Crippen LogP contribution >= 0.6 is 0 Å². The Morgan fingerprint density at radius 3 is 1.39 bits per heavy atom. The van der Waals surface area contributed by atoms with Crippen molar-refractivity contribution < 1.29 is 64.6 Å². The van der Waals surface area contributed by atoms with Crippen molar-refractivity contribution in [2.75, 3.05) is 19.8 Å². The summed E-state index contributed by atoms with van der Waals surface area (Å²) in [5.41, 5.74) is 0. The van der Waals surface area contributed by atoms with Gasteiger partial charge >= 0.3 is 0 Å². The van der Waals surface area contributed by atoms with Crippen LogP contribution in [0.4, 0.5) is 0 Å². The quantitative estimate of drug-likeness (QED) is 0.0204. The number of rotatable bonds is 49. The van der Waals surface area contributed by atoms with E-state index in [4.69, 9.17) is 18.9 Å². The average Bonchev–Trinajstić information content (AvgIpc) is 3.42. The lowest BCUT2D eigenvalue weighted by atomic mass is 9.97. The molecule has 444 valence electrons. The molecule has 1 amide bonds. The van der Waals surface area contributed by atoms with Gasteiger partial charge in [0.2, 0.25) is 5.91 Å². The van der Waals surface area contributed by atoms with Crippen LogP contribution in [0.25, 0.3) is 0 Å². The van der Waals surface area contributed by atoms with Crippen LogP contribution in [-0.2, 0) is 23.7 Å². The lowest BCUT2D eigenvalue weighted by Gasteiger charge is -2.46. The van der Waals surface area contributed by atoms with Crippen LogP contribution in [0.5, 0.6) is 0 Å². The number of hydrogen-bond donors (Lipinski definition) is 9. The number of carbonyl (C=O) groups excluding carboxylic acids is 1. The number of aliphatic hydroxyl groups excluding tert-OH is 8. The van der Waals surface area contributed by atoms with Gasteiger partial charge in [-0.25, -0.2) is 0 Å². The van der Waals surface area contributed by atoms with Crippen LogP contribution in [0.2, 0.25) is 0 Å². The Hall–Kier alpha value is -2.05. The second kappa shape index (κ2) is 47.7. The summed E-state index contributed by atoms with van der Waals surface area (Å²) in [7, 11) is 0. The van der Waals surface area contributed by atoms with Crippen LogP contribution in [-0.4, -0.2) is 140 Å². The molecule has 14 nitrogen and oxygen atoms in total. The minimum atomic E-state index is -1.78. The minimum Gasteiger partial charge on any atom is -0.394 e. The zero-order valence-corrected chi connectivity index (χ0v) is 47.7. The molecule has 12 unspecified atom stereocenters. The van der Waals surface area contributed by atoms with E-state index in [0.717, 1.165) is 83.5 Å². The highest BCUT2D eigenvalue weighted by Gasteiger charge is 2.51. The fourth-order valence-corrected chi connectivity index (χ4v) is 10.1. The molecule has 2 aliphatic heterocycles. The van der Waals surface area contributed by atoms with E-state index in [-0.39, 0.29) is 12.5 Å². The zero-order valence-electron chi connectivity index (χ0n) is 47.7. The van der Waals surface area contributed by atoms with Crippen LogP contribution in [0.3, 0.4) is 0 Å². The Balaban J connectivity index is 1.74. The molecule has 2 aliphatic rings. The highest BCUT2D eigenvalue weighted by atomic mass is 16.7. The summed E-state index contributed by atoms with van der Waals surface area (Å²) in [4.78, 5) is 13.3. The Kier molecular flexibility index (Phi) is 44.0. The standard InChI is InChI=1S/C62H113NO13/c1-3-5-7-9-11-13-15-17-19-21-23-24-25-26-28-30-32-34-36-38-40-42-44-46-54(67)63-50(51(66)45-43-41-39-37-35-33-31-29-27-22-20-18-16-14-12-10-8-6-4-2)49-73-61-59(72)57(70)60(53(48-65)75-61)76-62-58(71)56(69)55(68)52(47-64)74-62/h5,7,11,13,17,19,23-24,50-53,55-62,64-66,68-72H,3-4,6,8-10,12,14-16,18,20-22,25-49H2,1-2H3,(H,63,67)/b7-5-,13-11-,19-17-,24-23-. The lowest BCUT2D eigenvalue weighted by molar-refractivity contribution is -0.359. The summed E-state index contributed by atoms with van der Waals surface area (Å²) < 4.78 is 22.9. The van der Waals surface area contributed by atoms with Gasteiger partial charge in [-0.15, -0.1) is 0 Å². The predicted octanol–water partition coefficient (Wildman–Crippen LogP) is 10.8. The van der Waals surface area contributed by atoms with Gasteiger partial charge in [0.15, 0.2) is 12.6 Å². The second-order valence-electron chi connectivity index (χ2n) is 21.8. The molecule has 2 heterocycles. The molecule has 0 aromatic carbocycles. The van der Waals surface area contributed by atoms with E-state index >= 15 is 0 Å². The smallest absolute Gasteiger partial charge is 0.220 e. The number of carbonyl (C=O) groups is 1. The molecule has 2 fully saturated rings. The molecule has 14 heteroatoms. The van der Waals surface area contributed by atoms with E-state index in [1.165, 1.54) is 135 Å². The van der Waals surface area contributed by atoms with Crippen LogP contribution in [0.1, 0.15) is 245 Å². The first kappa shape index (κ1) is 70.1. The first-order valence-electron chi connectivity index (χ1n) is 30.9. The van der Waals surface area contributed by atoms with Crippen molar-refractivity contribution >= 4 is 5.91 Å². The van der Waals surface area contributed by atoms with Gasteiger partial charge in [0.25, 0.3) is 0 Å². The van der Waals surface area contributed by atoms with Crippen LogP contribution in [0.15, 0.2) is 48.6 Å². The van der Waals surface area contributed by atoms with Gasteiger partial charge in [0.05, 0.1) is 32.0 Å². The van der Waals surface area contributed by atoms with E-state index in [9.17, 15) is 45.6 Å². The summed E-state index contributed by atoms with van der Waals surface area (Å²) in [5, 5.41) is 87.4. The minimum absolute atomic E-state index is 0.211. The Bertz CT molecular complexity index is 1460. The summed E-state index contributed by atoms with van der Waals surface area (Å²) in [6.45, 7) is 2.77. The van der Waals surface area contributed by atoms with Crippen molar-refractivity contribution in [1.82, 2.24) is 5.32 Å². The molecular formula is C62H113NO13. The maximum atomic E-state index is 13.3. The van der Waals surface area contributed by atoms with E-state index < -0.39 is 86.8 Å². The molecule has 0 aromatic heterocycles. The van der Waals surface area contributed by atoms with Gasteiger partial charge in [0.1, 0.15) is 48.8 Å². The molecular weight excluding hydrogens is 967 g/mol. The van der Waals surface area contributed by atoms with Crippen molar-refractivity contribution in [2.24, 2.45) is 0 Å². The summed E-state index contributed by atoms with van der Waals surface area (Å²) in [6.07, 6.45) is 42.4. The Labute approximate surface area is 461 Å². The molecule has 2 rings (SSSR count). The molecule has 0 bridgehead atoms. The summed E-state index contributed by atoms with van der Waals surface area (Å²) >= 11 is 0. The fourth-order valence-electron chi connectivity index (χ4n) is 10.1. The molecule has 2 saturated heterocycles. The third kappa shape index (κ3) is 32.9. The fraction of sp³-hybridized carbons (Fsp3) is 0.855. The molecule has 9 N–H and O–H groups in total. The summed E-state index contributed by atoms with van der Waals surface area (Å²) in [6, 6.07) is -0.833. The van der Waals surface area contributed by atoms with Gasteiger partial charge in [0, 0.05) is 6.42 Å². The SMILES string of the molecule is CC/C=C\C/C=C\C/C=C\C/C=C\CCCCCCCCCCCCC(=O)NC(COC1OC(CO)C(OC2OC(CO)C(O)C(O)C2O)C(O)C1O)C(O)CCCCCCCCCCCCCCCCCCCCC. The van der Waals surface area contributed by atoms with Gasteiger partial charge in [-0.2, -0.15) is 0 Å². The Morgan fingerprint density at radius 1 is 0.487 bits per heavy atom.